The molecule has 0 bridgehead atoms. The molecule has 160 valence electrons. The summed E-state index contributed by atoms with van der Waals surface area (Å²) in [6, 6.07) is 8.57. The Bertz CT molecular complexity index is 739. The predicted molar refractivity (Wildman–Crippen MR) is 112 cm³/mol. The first-order valence-corrected chi connectivity index (χ1v) is 10.1. The summed E-state index contributed by atoms with van der Waals surface area (Å²) in [5, 5.41) is 11.0. The molecule has 1 aromatic heterocycles. The number of carbonyl (C=O) groups is 1. The first-order chi connectivity index (χ1) is 14.0. The summed E-state index contributed by atoms with van der Waals surface area (Å²) in [6.45, 7) is 7.88. The number of benzene rings is 1. The van der Waals surface area contributed by atoms with E-state index in [2.05, 4.69) is 51.7 Å². The summed E-state index contributed by atoms with van der Waals surface area (Å²) < 4.78 is 12.6. The van der Waals surface area contributed by atoms with Gasteiger partial charge in [0.15, 0.2) is 12.0 Å². The highest BCUT2D eigenvalue weighted by Gasteiger charge is 2.18. The molecule has 8 nitrogen and oxygen atoms in total. The molecular weight excluding hydrogens is 370 g/mol. The second kappa shape index (κ2) is 11.6. The van der Waals surface area contributed by atoms with Crippen LogP contribution in [0.15, 0.2) is 30.5 Å². The molecule has 0 aliphatic rings. The van der Waals surface area contributed by atoms with Crippen LogP contribution in [0.1, 0.15) is 48.4 Å². The van der Waals surface area contributed by atoms with E-state index in [0.29, 0.717) is 26.3 Å². The van der Waals surface area contributed by atoms with Gasteiger partial charge in [-0.1, -0.05) is 36.4 Å². The average Bonchev–Trinajstić information content (AvgIpc) is 3.17. The van der Waals surface area contributed by atoms with E-state index in [0.717, 1.165) is 12.0 Å². The lowest BCUT2D eigenvalue weighted by Crippen LogP contribution is -2.34. The fourth-order valence-corrected chi connectivity index (χ4v) is 3.02. The Morgan fingerprint density at radius 1 is 1.14 bits per heavy atom. The van der Waals surface area contributed by atoms with Crippen molar-refractivity contribution in [3.8, 4) is 0 Å². The van der Waals surface area contributed by atoms with E-state index in [1.54, 1.807) is 10.9 Å². The normalized spacial score (nSPS) is 12.5. The largest absolute Gasteiger partial charge is 0.351 e. The molecular formula is C21H33N5O3. The van der Waals surface area contributed by atoms with Crippen LogP contribution >= 0.6 is 0 Å². The number of nitrogens with zero attached hydrogens (tertiary/aromatic N) is 4. The van der Waals surface area contributed by atoms with Gasteiger partial charge in [-0.2, -0.15) is 0 Å². The van der Waals surface area contributed by atoms with Gasteiger partial charge in [-0.15, -0.1) is 5.10 Å². The second-order valence-corrected chi connectivity index (χ2v) is 6.95. The molecule has 1 atom stereocenters. The van der Waals surface area contributed by atoms with Gasteiger partial charge in [-0.3, -0.25) is 4.79 Å². The summed E-state index contributed by atoms with van der Waals surface area (Å²) in [6.07, 6.45) is 2.21. The summed E-state index contributed by atoms with van der Waals surface area (Å²) in [7, 11) is 4.00. The van der Waals surface area contributed by atoms with Crippen molar-refractivity contribution in [3.63, 3.8) is 0 Å². The van der Waals surface area contributed by atoms with E-state index in [1.165, 1.54) is 5.56 Å². The van der Waals surface area contributed by atoms with Crippen molar-refractivity contribution in [3.05, 3.63) is 47.3 Å². The number of amides is 1. The van der Waals surface area contributed by atoms with Crippen molar-refractivity contribution in [2.75, 3.05) is 33.9 Å². The zero-order valence-electron chi connectivity index (χ0n) is 18.1. The fraction of sp³-hybridized carbons (Fsp3) is 0.571. The predicted octanol–water partition coefficient (Wildman–Crippen LogP) is 2.27. The maximum Gasteiger partial charge on any atom is 0.273 e. The van der Waals surface area contributed by atoms with E-state index in [9.17, 15) is 4.79 Å². The van der Waals surface area contributed by atoms with Gasteiger partial charge in [-0.25, -0.2) is 4.68 Å². The van der Waals surface area contributed by atoms with E-state index in [-0.39, 0.29) is 17.6 Å². The van der Waals surface area contributed by atoms with Crippen molar-refractivity contribution in [2.24, 2.45) is 0 Å². The molecule has 0 fully saturated rings. The van der Waals surface area contributed by atoms with E-state index >= 15 is 0 Å². The van der Waals surface area contributed by atoms with Gasteiger partial charge in [0.1, 0.15) is 0 Å². The molecule has 29 heavy (non-hydrogen) atoms. The molecule has 1 amide bonds. The van der Waals surface area contributed by atoms with Gasteiger partial charge in [0.2, 0.25) is 0 Å². The van der Waals surface area contributed by atoms with Crippen molar-refractivity contribution in [1.29, 1.82) is 0 Å². The first kappa shape index (κ1) is 23.0. The highest BCUT2D eigenvalue weighted by Crippen LogP contribution is 2.18. The van der Waals surface area contributed by atoms with Crippen LogP contribution in [0.5, 0.6) is 0 Å². The first-order valence-electron chi connectivity index (χ1n) is 10.1. The number of carbonyl (C=O) groups excluding carboxylic acids is 1. The quantitative estimate of drug-likeness (QED) is 0.548. The van der Waals surface area contributed by atoms with Crippen molar-refractivity contribution >= 4 is 5.91 Å². The Labute approximate surface area is 173 Å². The topological polar surface area (TPSA) is 81.5 Å². The summed E-state index contributed by atoms with van der Waals surface area (Å²) in [5.41, 5.74) is 2.73. The molecule has 1 N–H and O–H groups in total. The molecule has 0 saturated heterocycles. The Kier molecular flexibility index (Phi) is 9.24. The van der Waals surface area contributed by atoms with Crippen LogP contribution in [0.4, 0.5) is 0 Å². The summed E-state index contributed by atoms with van der Waals surface area (Å²) in [4.78, 5) is 14.6. The third-order valence-corrected chi connectivity index (χ3v) is 4.66. The molecule has 0 aliphatic heterocycles. The molecule has 1 heterocycles. The van der Waals surface area contributed by atoms with Gasteiger partial charge in [0, 0.05) is 19.8 Å². The lowest BCUT2D eigenvalue weighted by atomic mass is 10.0. The number of nitrogens with one attached hydrogen (secondary N) is 1. The third-order valence-electron chi connectivity index (χ3n) is 4.66. The SMILES string of the molecule is CCOC(Cn1cc(C(=O)NCC(c2ccc(CC)cc2)N(C)C)nn1)OCC. The Hall–Kier alpha value is -2.29. The highest BCUT2D eigenvalue weighted by atomic mass is 16.7. The van der Waals surface area contributed by atoms with Gasteiger partial charge >= 0.3 is 0 Å². The van der Waals surface area contributed by atoms with E-state index < -0.39 is 6.29 Å². The molecule has 1 aromatic carbocycles. The number of hydrogen-bond acceptors (Lipinski definition) is 6. The standard InChI is InChI=1S/C21H33N5O3/c1-6-16-9-11-17(12-10-16)19(25(4)5)13-22-21(27)18-14-26(24-23-18)15-20(28-7-2)29-8-3/h9-12,14,19-20H,6-8,13,15H2,1-5H3,(H,22,27). The Balaban J connectivity index is 1.97. The number of hydrogen-bond donors (Lipinski definition) is 1. The van der Waals surface area contributed by atoms with Crippen LogP contribution in [0.25, 0.3) is 0 Å². The van der Waals surface area contributed by atoms with Crippen LogP contribution in [-0.4, -0.2) is 65.9 Å². The van der Waals surface area contributed by atoms with Crippen molar-refractivity contribution in [2.45, 2.75) is 46.1 Å². The van der Waals surface area contributed by atoms with Crippen LogP contribution in [0.3, 0.4) is 0 Å². The van der Waals surface area contributed by atoms with E-state index in [1.807, 2.05) is 27.9 Å². The fourth-order valence-electron chi connectivity index (χ4n) is 3.02. The molecule has 8 heteroatoms. The number of ether oxygens (including phenoxy) is 2. The molecule has 2 rings (SSSR count). The van der Waals surface area contributed by atoms with Gasteiger partial charge in [0.25, 0.3) is 5.91 Å². The number of rotatable bonds is 12. The van der Waals surface area contributed by atoms with Crippen LogP contribution in [-0.2, 0) is 22.4 Å². The minimum atomic E-state index is -0.410. The number of aromatic nitrogens is 3. The molecule has 0 radical (unpaired) electrons. The maximum atomic E-state index is 12.5. The van der Waals surface area contributed by atoms with Crippen molar-refractivity contribution < 1.29 is 14.3 Å². The smallest absolute Gasteiger partial charge is 0.273 e. The van der Waals surface area contributed by atoms with Crippen molar-refractivity contribution in [1.82, 2.24) is 25.2 Å². The van der Waals surface area contributed by atoms with Gasteiger partial charge in [-0.05, 0) is 45.5 Å². The minimum Gasteiger partial charge on any atom is -0.351 e. The number of aryl methyl sites for hydroxylation is 1. The Morgan fingerprint density at radius 2 is 1.79 bits per heavy atom. The van der Waals surface area contributed by atoms with E-state index in [4.69, 9.17) is 9.47 Å². The number of likely N-dealkylation sites (N-methyl/N-ethyl adjacent to an activating group) is 1. The second-order valence-electron chi connectivity index (χ2n) is 6.95. The lowest BCUT2D eigenvalue weighted by molar-refractivity contribution is -0.145. The van der Waals surface area contributed by atoms with Crippen LogP contribution in [0, 0.1) is 0 Å². The lowest BCUT2D eigenvalue weighted by Gasteiger charge is -2.25. The van der Waals surface area contributed by atoms with Gasteiger partial charge in [0.05, 0.1) is 18.8 Å². The molecule has 0 aliphatic carbocycles. The zero-order chi connectivity index (χ0) is 21.2. The zero-order valence-corrected chi connectivity index (χ0v) is 18.1. The molecule has 2 aromatic rings. The summed E-state index contributed by atoms with van der Waals surface area (Å²) in [5.74, 6) is -0.252. The minimum absolute atomic E-state index is 0.0696. The molecule has 1 unspecified atom stereocenters. The highest BCUT2D eigenvalue weighted by molar-refractivity contribution is 5.91. The summed E-state index contributed by atoms with van der Waals surface area (Å²) >= 11 is 0. The molecule has 0 spiro atoms. The maximum absolute atomic E-state index is 12.5. The Morgan fingerprint density at radius 3 is 2.34 bits per heavy atom. The monoisotopic (exact) mass is 403 g/mol. The van der Waals surface area contributed by atoms with Crippen LogP contribution < -0.4 is 5.32 Å². The third kappa shape index (κ3) is 6.92. The van der Waals surface area contributed by atoms with Crippen LogP contribution in [0.2, 0.25) is 0 Å². The molecule has 0 saturated carbocycles. The van der Waals surface area contributed by atoms with Gasteiger partial charge < -0.3 is 19.7 Å². The average molecular weight is 404 g/mol.